The second kappa shape index (κ2) is 6.13. The Kier molecular flexibility index (Phi) is 5.00. The molecule has 112 valence electrons. The first kappa shape index (κ1) is 16.3. The van der Waals surface area contributed by atoms with E-state index in [1.807, 2.05) is 25.1 Å². The summed E-state index contributed by atoms with van der Waals surface area (Å²) in [4.78, 5) is 13.2. The topological polar surface area (TPSA) is 59.0 Å². The molecular formula is C15H23NO4. The molecule has 0 spiro atoms. The minimum atomic E-state index is -0.979. The van der Waals surface area contributed by atoms with Crippen molar-refractivity contribution in [3.8, 4) is 11.5 Å². The molecule has 0 fully saturated rings. The number of ether oxygens (including phenoxy) is 2. The van der Waals surface area contributed by atoms with Gasteiger partial charge in [0.05, 0.1) is 14.2 Å². The maximum Gasteiger partial charge on any atom is 0.323 e. The highest BCUT2D eigenvalue weighted by molar-refractivity contribution is 5.77. The molecule has 0 aliphatic rings. The normalized spacial score (nSPS) is 13.2. The van der Waals surface area contributed by atoms with Gasteiger partial charge in [-0.2, -0.15) is 0 Å². The number of likely N-dealkylation sites (N-methyl/N-ethyl adjacent to an activating group) is 1. The molecule has 5 heteroatoms. The summed E-state index contributed by atoms with van der Waals surface area (Å²) in [5.41, 5.74) is -0.0864. The third-order valence-electron chi connectivity index (χ3n) is 3.87. The van der Waals surface area contributed by atoms with E-state index in [1.54, 1.807) is 40.0 Å². The van der Waals surface area contributed by atoms with E-state index in [0.29, 0.717) is 11.5 Å². The third-order valence-corrected chi connectivity index (χ3v) is 3.87. The van der Waals surface area contributed by atoms with Gasteiger partial charge in [-0.1, -0.05) is 0 Å². The zero-order valence-corrected chi connectivity index (χ0v) is 12.9. The summed E-state index contributed by atoms with van der Waals surface area (Å²) in [5, 5.41) is 9.34. The molecule has 0 heterocycles. The largest absolute Gasteiger partial charge is 0.497 e. The molecular weight excluding hydrogens is 258 g/mol. The molecule has 0 radical (unpaired) electrons. The zero-order chi connectivity index (χ0) is 15.5. The fraction of sp³-hybridized carbons (Fsp3) is 0.533. The van der Waals surface area contributed by atoms with Crippen molar-refractivity contribution >= 4 is 5.97 Å². The maximum atomic E-state index is 11.4. The molecule has 1 aromatic rings. The van der Waals surface area contributed by atoms with Crippen LogP contribution >= 0.6 is 0 Å². The molecule has 1 aromatic carbocycles. The number of aliphatic carboxylic acids is 1. The first-order chi connectivity index (χ1) is 9.25. The van der Waals surface area contributed by atoms with E-state index >= 15 is 0 Å². The number of hydrogen-bond acceptors (Lipinski definition) is 4. The zero-order valence-electron chi connectivity index (χ0n) is 12.9. The van der Waals surface area contributed by atoms with E-state index in [2.05, 4.69) is 0 Å². The molecule has 1 rings (SSSR count). The molecule has 0 amide bonds. The predicted octanol–water partition coefficient (Wildman–Crippen LogP) is 2.56. The summed E-state index contributed by atoms with van der Waals surface area (Å²) in [6.07, 6.45) is 0. The number of carboxylic acid groups (broad SMARTS) is 1. The Balaban J connectivity index is 3.19. The van der Waals surface area contributed by atoms with Crippen LogP contribution in [0, 0.1) is 0 Å². The fourth-order valence-electron chi connectivity index (χ4n) is 2.01. The average Bonchev–Trinajstić information content (AvgIpc) is 2.44. The van der Waals surface area contributed by atoms with Gasteiger partial charge >= 0.3 is 5.97 Å². The van der Waals surface area contributed by atoms with Crippen LogP contribution in [0.4, 0.5) is 0 Å². The maximum absolute atomic E-state index is 11.4. The summed E-state index contributed by atoms with van der Waals surface area (Å²) < 4.78 is 10.6. The molecule has 20 heavy (non-hydrogen) atoms. The Labute approximate surface area is 120 Å². The van der Waals surface area contributed by atoms with Crippen molar-refractivity contribution in [3.63, 3.8) is 0 Å². The molecule has 1 unspecified atom stereocenters. The average molecular weight is 281 g/mol. The lowest BCUT2D eigenvalue weighted by atomic mass is 9.97. The van der Waals surface area contributed by atoms with E-state index in [9.17, 15) is 9.90 Å². The monoisotopic (exact) mass is 281 g/mol. The van der Waals surface area contributed by atoms with E-state index in [4.69, 9.17) is 9.47 Å². The Bertz CT molecular complexity index is 485. The van der Waals surface area contributed by atoms with Crippen LogP contribution in [0.5, 0.6) is 11.5 Å². The molecule has 0 aliphatic heterocycles. The predicted molar refractivity (Wildman–Crippen MR) is 77.4 cm³/mol. The van der Waals surface area contributed by atoms with Crippen molar-refractivity contribution in [1.29, 1.82) is 0 Å². The quantitative estimate of drug-likeness (QED) is 0.868. The summed E-state index contributed by atoms with van der Waals surface area (Å²) in [6.45, 7) is 5.30. The first-order valence-electron chi connectivity index (χ1n) is 6.44. The van der Waals surface area contributed by atoms with Crippen molar-refractivity contribution < 1.29 is 19.4 Å². The number of carbonyl (C=O) groups is 1. The third kappa shape index (κ3) is 3.04. The van der Waals surface area contributed by atoms with Gasteiger partial charge in [-0.15, -0.1) is 0 Å². The van der Waals surface area contributed by atoms with Gasteiger partial charge in [-0.05, 0) is 46.0 Å². The van der Waals surface area contributed by atoms with E-state index in [-0.39, 0.29) is 6.04 Å². The molecule has 1 atom stereocenters. The Morgan fingerprint density at radius 2 is 1.90 bits per heavy atom. The Hall–Kier alpha value is -1.75. The van der Waals surface area contributed by atoms with Crippen LogP contribution in [0.2, 0.25) is 0 Å². The van der Waals surface area contributed by atoms with Crippen LogP contribution in [0.15, 0.2) is 18.2 Å². The van der Waals surface area contributed by atoms with E-state index in [1.165, 1.54) is 0 Å². The second-order valence-corrected chi connectivity index (χ2v) is 5.26. The van der Waals surface area contributed by atoms with Gasteiger partial charge in [-0.3, -0.25) is 9.69 Å². The van der Waals surface area contributed by atoms with Crippen LogP contribution in [-0.4, -0.2) is 42.8 Å². The summed E-state index contributed by atoms with van der Waals surface area (Å²) in [6, 6.07) is 5.38. The van der Waals surface area contributed by atoms with Crippen molar-refractivity contribution in [2.24, 2.45) is 0 Å². The van der Waals surface area contributed by atoms with E-state index < -0.39 is 11.5 Å². The fourth-order valence-corrected chi connectivity index (χ4v) is 2.01. The lowest BCUT2D eigenvalue weighted by Gasteiger charge is -2.37. The number of methoxy groups -OCH3 is 2. The number of rotatable bonds is 6. The molecule has 0 aliphatic carbocycles. The lowest BCUT2D eigenvalue weighted by Crippen LogP contribution is -2.48. The van der Waals surface area contributed by atoms with Crippen LogP contribution < -0.4 is 9.47 Å². The molecule has 5 nitrogen and oxygen atoms in total. The van der Waals surface area contributed by atoms with Crippen LogP contribution in [0.3, 0.4) is 0 Å². The lowest BCUT2D eigenvalue weighted by molar-refractivity contribution is -0.149. The van der Waals surface area contributed by atoms with Gasteiger partial charge in [0.1, 0.15) is 17.0 Å². The molecule has 0 saturated heterocycles. The number of carboxylic acids is 1. The van der Waals surface area contributed by atoms with Gasteiger partial charge < -0.3 is 14.6 Å². The minimum absolute atomic E-state index is 0.133. The van der Waals surface area contributed by atoms with Crippen LogP contribution in [0.1, 0.15) is 32.4 Å². The highest BCUT2D eigenvalue weighted by Crippen LogP contribution is 2.34. The number of nitrogens with zero attached hydrogens (tertiary/aromatic N) is 1. The van der Waals surface area contributed by atoms with Gasteiger partial charge in [0.2, 0.25) is 0 Å². The van der Waals surface area contributed by atoms with Gasteiger partial charge in [0, 0.05) is 11.6 Å². The van der Waals surface area contributed by atoms with Crippen molar-refractivity contribution in [1.82, 2.24) is 4.90 Å². The molecule has 1 N–H and O–H groups in total. The second-order valence-electron chi connectivity index (χ2n) is 5.26. The summed E-state index contributed by atoms with van der Waals surface area (Å²) in [7, 11) is 4.99. The van der Waals surface area contributed by atoms with Gasteiger partial charge in [0.15, 0.2) is 0 Å². The van der Waals surface area contributed by atoms with Crippen molar-refractivity contribution in [2.75, 3.05) is 21.3 Å². The van der Waals surface area contributed by atoms with Gasteiger partial charge in [0.25, 0.3) is 0 Å². The Morgan fingerprint density at radius 3 is 2.35 bits per heavy atom. The van der Waals surface area contributed by atoms with Crippen molar-refractivity contribution in [2.45, 2.75) is 32.4 Å². The highest BCUT2D eigenvalue weighted by Gasteiger charge is 2.36. The summed E-state index contributed by atoms with van der Waals surface area (Å²) in [5.74, 6) is 0.564. The smallest absolute Gasteiger partial charge is 0.323 e. The summed E-state index contributed by atoms with van der Waals surface area (Å²) >= 11 is 0. The van der Waals surface area contributed by atoms with Crippen LogP contribution in [-0.2, 0) is 4.79 Å². The van der Waals surface area contributed by atoms with Crippen LogP contribution in [0.25, 0.3) is 0 Å². The molecule has 0 saturated carbocycles. The SMILES string of the molecule is COc1ccc(OC)c(C(C)N(C)C(C)(C)C(=O)O)c1. The van der Waals surface area contributed by atoms with Crippen molar-refractivity contribution in [3.05, 3.63) is 23.8 Å². The minimum Gasteiger partial charge on any atom is -0.497 e. The standard InChI is InChI=1S/C15H23NO4/c1-10(16(4)15(2,3)14(17)18)12-9-11(19-5)7-8-13(12)20-6/h7-10H,1-6H3,(H,17,18). The molecule has 0 bridgehead atoms. The first-order valence-corrected chi connectivity index (χ1v) is 6.44. The Morgan fingerprint density at radius 1 is 1.30 bits per heavy atom. The van der Waals surface area contributed by atoms with Gasteiger partial charge in [-0.25, -0.2) is 0 Å². The van der Waals surface area contributed by atoms with E-state index in [0.717, 1.165) is 5.56 Å². The number of hydrogen-bond donors (Lipinski definition) is 1. The highest BCUT2D eigenvalue weighted by atomic mass is 16.5. The number of benzene rings is 1. The molecule has 0 aromatic heterocycles.